The summed E-state index contributed by atoms with van der Waals surface area (Å²) in [7, 11) is 0. The van der Waals surface area contributed by atoms with E-state index in [4.69, 9.17) is 11.5 Å². The van der Waals surface area contributed by atoms with Crippen LogP contribution in [0.5, 0.6) is 0 Å². The first kappa shape index (κ1) is 16.0. The number of carbonyl (C=O) groups excluding carboxylic acids is 1. The summed E-state index contributed by atoms with van der Waals surface area (Å²) in [5.74, 6) is 0.122. The van der Waals surface area contributed by atoms with Crippen LogP contribution >= 0.6 is 11.8 Å². The molecule has 0 atom stereocenters. The molecule has 0 fully saturated rings. The van der Waals surface area contributed by atoms with Crippen molar-refractivity contribution in [3.63, 3.8) is 0 Å². The average Bonchev–Trinajstić information content (AvgIpc) is 2.46. The van der Waals surface area contributed by atoms with Gasteiger partial charge >= 0.3 is 0 Å². The van der Waals surface area contributed by atoms with Crippen molar-refractivity contribution < 1.29 is 4.79 Å². The molecule has 0 spiro atoms. The van der Waals surface area contributed by atoms with Crippen molar-refractivity contribution in [2.24, 2.45) is 0 Å². The van der Waals surface area contributed by atoms with Crippen LogP contribution in [0.4, 0.5) is 17.6 Å². The van der Waals surface area contributed by atoms with Crippen LogP contribution < -0.4 is 16.8 Å². The molecule has 1 heterocycles. The highest BCUT2D eigenvalue weighted by molar-refractivity contribution is 7.99. The first-order valence-electron chi connectivity index (χ1n) is 6.77. The molecule has 0 aliphatic rings. The van der Waals surface area contributed by atoms with Gasteiger partial charge in [0, 0.05) is 5.69 Å². The zero-order chi connectivity index (χ0) is 16.1. The molecule has 7 nitrogen and oxygen atoms in total. The number of thioether (sulfide) groups is 1. The van der Waals surface area contributed by atoms with Gasteiger partial charge in [0.1, 0.15) is 0 Å². The number of rotatable bonds is 5. The topological polar surface area (TPSA) is 120 Å². The number of nitrogens with two attached hydrogens (primary N) is 2. The van der Waals surface area contributed by atoms with E-state index in [0.717, 1.165) is 35.0 Å². The van der Waals surface area contributed by atoms with Crippen molar-refractivity contribution in [2.75, 3.05) is 22.5 Å². The number of para-hydroxylation sites is 1. The normalized spacial score (nSPS) is 10.5. The molecule has 0 saturated carbocycles. The van der Waals surface area contributed by atoms with Gasteiger partial charge in [-0.2, -0.15) is 15.0 Å². The minimum Gasteiger partial charge on any atom is -0.368 e. The smallest absolute Gasteiger partial charge is 0.234 e. The molecular formula is C14H18N6OS. The molecule has 116 valence electrons. The molecule has 0 unspecified atom stereocenters. The molecule has 1 aromatic heterocycles. The Morgan fingerprint density at radius 2 is 1.91 bits per heavy atom. The number of nitrogens with zero attached hydrogens (tertiary/aromatic N) is 3. The van der Waals surface area contributed by atoms with Gasteiger partial charge in [-0.3, -0.25) is 4.79 Å². The van der Waals surface area contributed by atoms with E-state index in [2.05, 4.69) is 27.2 Å². The molecule has 8 heteroatoms. The number of hydrogen-bond donors (Lipinski definition) is 3. The lowest BCUT2D eigenvalue weighted by atomic mass is 10.1. The van der Waals surface area contributed by atoms with Crippen molar-refractivity contribution in [1.82, 2.24) is 15.0 Å². The number of carbonyl (C=O) groups is 1. The predicted octanol–water partition coefficient (Wildman–Crippen LogP) is 1.64. The predicted molar refractivity (Wildman–Crippen MR) is 88.6 cm³/mol. The summed E-state index contributed by atoms with van der Waals surface area (Å²) in [6.07, 6.45) is 0.852. The molecule has 2 rings (SSSR count). The lowest BCUT2D eigenvalue weighted by Crippen LogP contribution is -2.16. The van der Waals surface area contributed by atoms with Gasteiger partial charge in [0.15, 0.2) is 5.16 Å². The second kappa shape index (κ2) is 7.08. The van der Waals surface area contributed by atoms with E-state index < -0.39 is 0 Å². The Balaban J connectivity index is 2.02. The molecule has 5 N–H and O–H groups in total. The molecule has 22 heavy (non-hydrogen) atoms. The average molecular weight is 318 g/mol. The van der Waals surface area contributed by atoms with Crippen LogP contribution in [-0.2, 0) is 11.2 Å². The van der Waals surface area contributed by atoms with Crippen molar-refractivity contribution in [3.8, 4) is 0 Å². The van der Waals surface area contributed by atoms with Gasteiger partial charge in [-0.1, -0.05) is 36.9 Å². The Morgan fingerprint density at radius 1 is 1.23 bits per heavy atom. The summed E-state index contributed by atoms with van der Waals surface area (Å²) >= 11 is 1.16. The second-order valence-corrected chi connectivity index (χ2v) is 5.58. The van der Waals surface area contributed by atoms with Crippen LogP contribution in [0.2, 0.25) is 0 Å². The highest BCUT2D eigenvalue weighted by Crippen LogP contribution is 2.22. The lowest BCUT2D eigenvalue weighted by molar-refractivity contribution is -0.113. The zero-order valence-electron chi connectivity index (χ0n) is 12.5. The Hall–Kier alpha value is -2.35. The Morgan fingerprint density at radius 3 is 2.55 bits per heavy atom. The maximum Gasteiger partial charge on any atom is 0.234 e. The van der Waals surface area contributed by atoms with E-state index in [1.54, 1.807) is 0 Å². The van der Waals surface area contributed by atoms with Crippen molar-refractivity contribution in [3.05, 3.63) is 29.3 Å². The Kier molecular flexibility index (Phi) is 5.16. The molecule has 0 aliphatic carbocycles. The van der Waals surface area contributed by atoms with Crippen LogP contribution in [0, 0.1) is 6.92 Å². The fourth-order valence-electron chi connectivity index (χ4n) is 1.96. The van der Waals surface area contributed by atoms with Crippen LogP contribution in [0.25, 0.3) is 0 Å². The van der Waals surface area contributed by atoms with E-state index in [9.17, 15) is 4.79 Å². The summed E-state index contributed by atoms with van der Waals surface area (Å²) in [6, 6.07) is 5.95. The zero-order valence-corrected chi connectivity index (χ0v) is 13.3. The number of anilines is 3. The lowest BCUT2D eigenvalue weighted by Gasteiger charge is -2.12. The fraction of sp³-hybridized carbons (Fsp3) is 0.286. The second-order valence-electron chi connectivity index (χ2n) is 4.63. The molecule has 1 aromatic carbocycles. The van der Waals surface area contributed by atoms with Gasteiger partial charge < -0.3 is 16.8 Å². The maximum absolute atomic E-state index is 12.1. The van der Waals surface area contributed by atoms with E-state index in [1.807, 2.05) is 25.1 Å². The number of benzene rings is 1. The molecule has 0 aliphatic heterocycles. The number of aryl methyl sites for hydroxylation is 2. The van der Waals surface area contributed by atoms with E-state index in [-0.39, 0.29) is 23.6 Å². The minimum atomic E-state index is -0.133. The monoisotopic (exact) mass is 318 g/mol. The number of nitrogens with one attached hydrogen (secondary N) is 1. The number of aromatic nitrogens is 3. The maximum atomic E-state index is 12.1. The van der Waals surface area contributed by atoms with Gasteiger partial charge in [0.2, 0.25) is 17.8 Å². The molecule has 0 bridgehead atoms. The van der Waals surface area contributed by atoms with Gasteiger partial charge in [-0.15, -0.1) is 0 Å². The molecule has 0 saturated heterocycles. The largest absolute Gasteiger partial charge is 0.368 e. The SMILES string of the molecule is CCc1cccc(C)c1NC(=O)CSc1nc(N)nc(N)n1. The summed E-state index contributed by atoms with van der Waals surface area (Å²) in [6.45, 7) is 4.02. The van der Waals surface area contributed by atoms with E-state index >= 15 is 0 Å². The summed E-state index contributed by atoms with van der Waals surface area (Å²) < 4.78 is 0. The van der Waals surface area contributed by atoms with Crippen molar-refractivity contribution in [2.45, 2.75) is 25.4 Å². The van der Waals surface area contributed by atoms with Gasteiger partial charge in [0.25, 0.3) is 0 Å². The third-order valence-corrected chi connectivity index (χ3v) is 3.83. The first-order valence-corrected chi connectivity index (χ1v) is 7.76. The Bertz CT molecular complexity index is 671. The van der Waals surface area contributed by atoms with Gasteiger partial charge in [-0.05, 0) is 24.5 Å². The van der Waals surface area contributed by atoms with Crippen LogP contribution in [0.1, 0.15) is 18.1 Å². The fourth-order valence-corrected chi connectivity index (χ4v) is 2.61. The molecular weight excluding hydrogens is 300 g/mol. The van der Waals surface area contributed by atoms with Crippen LogP contribution in [0.15, 0.2) is 23.4 Å². The van der Waals surface area contributed by atoms with E-state index in [0.29, 0.717) is 5.16 Å². The van der Waals surface area contributed by atoms with E-state index in [1.165, 1.54) is 0 Å². The van der Waals surface area contributed by atoms with Crippen molar-refractivity contribution in [1.29, 1.82) is 0 Å². The molecule has 0 radical (unpaired) electrons. The standard InChI is InChI=1S/C14H18N6OS/c1-3-9-6-4-5-8(2)11(9)17-10(21)7-22-14-19-12(15)18-13(16)20-14/h4-6H,3,7H2,1-2H3,(H,17,21)(H4,15,16,18,19,20). The minimum absolute atomic E-state index is 0.0441. The van der Waals surface area contributed by atoms with Gasteiger partial charge in [0.05, 0.1) is 5.75 Å². The highest BCUT2D eigenvalue weighted by Gasteiger charge is 2.10. The van der Waals surface area contributed by atoms with Gasteiger partial charge in [-0.25, -0.2) is 0 Å². The highest BCUT2D eigenvalue weighted by atomic mass is 32.2. The third kappa shape index (κ3) is 4.08. The number of hydrogen-bond acceptors (Lipinski definition) is 7. The quantitative estimate of drug-likeness (QED) is 0.717. The Labute approximate surface area is 132 Å². The first-order chi connectivity index (χ1) is 10.5. The molecule has 1 amide bonds. The number of nitrogen functional groups attached to an aromatic ring is 2. The third-order valence-electron chi connectivity index (χ3n) is 2.99. The summed E-state index contributed by atoms with van der Waals surface area (Å²) in [5.41, 5.74) is 14.0. The van der Waals surface area contributed by atoms with Crippen LogP contribution in [-0.4, -0.2) is 26.6 Å². The van der Waals surface area contributed by atoms with Crippen molar-refractivity contribution >= 4 is 35.3 Å². The molecule has 2 aromatic rings. The van der Waals surface area contributed by atoms with Crippen LogP contribution in [0.3, 0.4) is 0 Å². The summed E-state index contributed by atoms with van der Waals surface area (Å²) in [5, 5.41) is 3.27. The summed E-state index contributed by atoms with van der Waals surface area (Å²) in [4.78, 5) is 23.6. The number of amides is 1.